The van der Waals surface area contributed by atoms with Crippen molar-refractivity contribution in [2.45, 2.75) is 52.6 Å². The maximum Gasteiger partial charge on any atom is 0.0850 e. The van der Waals surface area contributed by atoms with Gasteiger partial charge in [0, 0.05) is 17.8 Å². The van der Waals surface area contributed by atoms with Crippen LogP contribution in [0.2, 0.25) is 5.02 Å². The van der Waals surface area contributed by atoms with Crippen molar-refractivity contribution >= 4 is 22.9 Å². The third-order valence-corrected chi connectivity index (χ3v) is 5.28. The Balaban J connectivity index is 2.33. The van der Waals surface area contributed by atoms with E-state index in [4.69, 9.17) is 17.4 Å². The van der Waals surface area contributed by atoms with Crippen molar-refractivity contribution in [3.63, 3.8) is 0 Å². The first kappa shape index (κ1) is 16.5. The average molecular weight is 327 g/mol. The third kappa shape index (κ3) is 3.31. The van der Waals surface area contributed by atoms with Crippen molar-refractivity contribution in [3.8, 4) is 0 Å². The molecule has 0 aliphatic rings. The summed E-state index contributed by atoms with van der Waals surface area (Å²) < 4.78 is 1.99. The van der Waals surface area contributed by atoms with E-state index in [-0.39, 0.29) is 6.04 Å². The molecule has 2 heterocycles. The molecule has 1 atom stereocenters. The van der Waals surface area contributed by atoms with E-state index >= 15 is 0 Å². The van der Waals surface area contributed by atoms with Crippen molar-refractivity contribution in [1.29, 1.82) is 0 Å². The van der Waals surface area contributed by atoms with Crippen LogP contribution in [0.5, 0.6) is 0 Å². The fourth-order valence-corrected chi connectivity index (χ4v) is 3.98. The summed E-state index contributed by atoms with van der Waals surface area (Å²) in [5.74, 6) is 5.80. The van der Waals surface area contributed by atoms with Gasteiger partial charge in [-0.1, -0.05) is 25.4 Å². The standard InChI is InChI=1S/C15H23ClN4S/c1-4-10-7-8-21-15(10)12(18-17)9-13-14(16)11(5-2)19-20(13)6-3/h7-8,12,18H,4-6,9,17H2,1-3H3. The van der Waals surface area contributed by atoms with Crippen LogP contribution in [0.4, 0.5) is 0 Å². The maximum atomic E-state index is 6.50. The summed E-state index contributed by atoms with van der Waals surface area (Å²) in [5, 5.41) is 7.48. The van der Waals surface area contributed by atoms with E-state index in [1.165, 1.54) is 10.4 Å². The van der Waals surface area contributed by atoms with Crippen LogP contribution in [-0.4, -0.2) is 9.78 Å². The fraction of sp³-hybridized carbons (Fsp3) is 0.533. The number of nitrogens with one attached hydrogen (secondary N) is 1. The van der Waals surface area contributed by atoms with E-state index < -0.39 is 0 Å². The van der Waals surface area contributed by atoms with Crippen LogP contribution in [0.3, 0.4) is 0 Å². The van der Waals surface area contributed by atoms with Crippen LogP contribution in [0.15, 0.2) is 11.4 Å². The second-order valence-corrected chi connectivity index (χ2v) is 6.29. The molecule has 0 aliphatic heterocycles. The molecule has 3 N–H and O–H groups in total. The van der Waals surface area contributed by atoms with Gasteiger partial charge in [-0.05, 0) is 36.8 Å². The van der Waals surface area contributed by atoms with Gasteiger partial charge in [0.05, 0.1) is 22.5 Å². The molecule has 0 amide bonds. The molecular formula is C15H23ClN4S. The van der Waals surface area contributed by atoms with E-state index in [0.717, 1.165) is 42.2 Å². The summed E-state index contributed by atoms with van der Waals surface area (Å²) in [7, 11) is 0. The fourth-order valence-electron chi connectivity index (χ4n) is 2.58. The number of hydrogen-bond acceptors (Lipinski definition) is 4. The minimum Gasteiger partial charge on any atom is -0.271 e. The predicted molar refractivity (Wildman–Crippen MR) is 89.8 cm³/mol. The lowest BCUT2D eigenvalue weighted by Gasteiger charge is -2.17. The van der Waals surface area contributed by atoms with E-state index in [0.29, 0.717) is 0 Å². The second-order valence-electron chi connectivity index (χ2n) is 4.96. The quantitative estimate of drug-likeness (QED) is 0.605. The molecule has 0 spiro atoms. The summed E-state index contributed by atoms with van der Waals surface area (Å²) in [6.07, 6.45) is 2.61. The van der Waals surface area contributed by atoms with Crippen LogP contribution in [-0.2, 0) is 25.8 Å². The van der Waals surface area contributed by atoms with Crippen molar-refractivity contribution in [2.24, 2.45) is 5.84 Å². The molecule has 2 aromatic heterocycles. The molecule has 116 valence electrons. The maximum absolute atomic E-state index is 6.50. The van der Waals surface area contributed by atoms with Gasteiger partial charge in [0.2, 0.25) is 0 Å². The van der Waals surface area contributed by atoms with E-state index in [1.54, 1.807) is 11.3 Å². The van der Waals surface area contributed by atoms with Crippen molar-refractivity contribution in [3.05, 3.63) is 38.3 Å². The summed E-state index contributed by atoms with van der Waals surface area (Å²) in [4.78, 5) is 1.29. The van der Waals surface area contributed by atoms with Gasteiger partial charge in [0.15, 0.2) is 0 Å². The van der Waals surface area contributed by atoms with Crippen molar-refractivity contribution < 1.29 is 0 Å². The van der Waals surface area contributed by atoms with Gasteiger partial charge < -0.3 is 0 Å². The van der Waals surface area contributed by atoms with Crippen LogP contribution < -0.4 is 11.3 Å². The Bertz CT molecular complexity index is 591. The SMILES string of the molecule is CCc1ccsc1C(Cc1c(Cl)c(CC)nn1CC)NN. The highest BCUT2D eigenvalue weighted by molar-refractivity contribution is 7.10. The largest absolute Gasteiger partial charge is 0.271 e. The molecule has 6 heteroatoms. The Morgan fingerprint density at radius 1 is 1.38 bits per heavy atom. The molecule has 0 aliphatic carbocycles. The number of nitrogens with two attached hydrogens (primary N) is 1. The number of aromatic nitrogens is 2. The Morgan fingerprint density at radius 2 is 2.14 bits per heavy atom. The van der Waals surface area contributed by atoms with Gasteiger partial charge in [-0.2, -0.15) is 5.10 Å². The average Bonchev–Trinajstić information content (AvgIpc) is 3.09. The second kappa shape index (κ2) is 7.40. The summed E-state index contributed by atoms with van der Waals surface area (Å²) in [6, 6.07) is 2.24. The third-order valence-electron chi connectivity index (χ3n) is 3.77. The minimum atomic E-state index is 0.0733. The molecule has 2 rings (SSSR count). The lowest BCUT2D eigenvalue weighted by molar-refractivity contribution is 0.520. The lowest BCUT2D eigenvalue weighted by atomic mass is 10.0. The zero-order valence-electron chi connectivity index (χ0n) is 12.8. The molecule has 1 unspecified atom stereocenters. The van der Waals surface area contributed by atoms with Gasteiger partial charge in [-0.25, -0.2) is 0 Å². The number of thiophene rings is 1. The van der Waals surface area contributed by atoms with Gasteiger partial charge in [-0.15, -0.1) is 11.3 Å². The summed E-state index contributed by atoms with van der Waals surface area (Å²) >= 11 is 8.24. The van der Waals surface area contributed by atoms with Crippen molar-refractivity contribution in [1.82, 2.24) is 15.2 Å². The molecule has 0 bridgehead atoms. The monoisotopic (exact) mass is 326 g/mol. The molecule has 0 saturated heterocycles. The first-order valence-corrected chi connectivity index (χ1v) is 8.68. The van der Waals surface area contributed by atoms with E-state index in [2.05, 4.69) is 42.7 Å². The highest BCUT2D eigenvalue weighted by Gasteiger charge is 2.21. The predicted octanol–water partition coefficient (Wildman–Crippen LogP) is 3.49. The van der Waals surface area contributed by atoms with Crippen molar-refractivity contribution in [2.75, 3.05) is 0 Å². The zero-order chi connectivity index (χ0) is 15.4. The Labute approximate surface area is 135 Å². The number of hydrogen-bond donors (Lipinski definition) is 2. The molecule has 21 heavy (non-hydrogen) atoms. The topological polar surface area (TPSA) is 55.9 Å². The minimum absolute atomic E-state index is 0.0733. The summed E-state index contributed by atoms with van der Waals surface area (Å²) in [6.45, 7) is 7.14. The first-order valence-electron chi connectivity index (χ1n) is 7.42. The highest BCUT2D eigenvalue weighted by atomic mass is 35.5. The van der Waals surface area contributed by atoms with Crippen LogP contribution in [0, 0.1) is 0 Å². The van der Waals surface area contributed by atoms with Gasteiger partial charge in [-0.3, -0.25) is 16.0 Å². The van der Waals surface area contributed by atoms with Gasteiger partial charge in [0.1, 0.15) is 0 Å². The Hall–Kier alpha value is -0.880. The van der Waals surface area contributed by atoms with Crippen LogP contribution in [0.1, 0.15) is 48.6 Å². The number of nitrogens with zero attached hydrogens (tertiary/aromatic N) is 2. The van der Waals surface area contributed by atoms with Gasteiger partial charge >= 0.3 is 0 Å². The zero-order valence-corrected chi connectivity index (χ0v) is 14.4. The lowest BCUT2D eigenvalue weighted by Crippen LogP contribution is -2.30. The summed E-state index contributed by atoms with van der Waals surface area (Å²) in [5.41, 5.74) is 6.32. The van der Waals surface area contributed by atoms with E-state index in [9.17, 15) is 0 Å². The molecule has 2 aromatic rings. The molecule has 4 nitrogen and oxygen atoms in total. The molecular weight excluding hydrogens is 304 g/mol. The number of hydrazine groups is 1. The number of rotatable bonds is 7. The number of halogens is 1. The van der Waals surface area contributed by atoms with Crippen LogP contribution in [0.25, 0.3) is 0 Å². The highest BCUT2D eigenvalue weighted by Crippen LogP contribution is 2.30. The smallest absolute Gasteiger partial charge is 0.0850 e. The molecule has 0 fully saturated rings. The molecule has 0 radical (unpaired) electrons. The first-order chi connectivity index (χ1) is 10.2. The normalized spacial score (nSPS) is 12.8. The Morgan fingerprint density at radius 3 is 2.71 bits per heavy atom. The van der Waals surface area contributed by atoms with E-state index in [1.807, 2.05) is 4.68 Å². The van der Waals surface area contributed by atoms with Crippen LogP contribution >= 0.6 is 22.9 Å². The molecule has 0 aromatic carbocycles. The Kier molecular flexibility index (Phi) is 5.81. The number of aryl methyl sites for hydroxylation is 3. The molecule has 0 saturated carbocycles. The van der Waals surface area contributed by atoms with Gasteiger partial charge in [0.25, 0.3) is 0 Å².